The number of carboxylic acids is 1. The zero-order chi connectivity index (χ0) is 19.2. The highest BCUT2D eigenvalue weighted by Crippen LogP contribution is 2.18. The summed E-state index contributed by atoms with van der Waals surface area (Å²) in [6, 6.07) is 5.54. The van der Waals surface area contributed by atoms with Crippen molar-refractivity contribution in [3.63, 3.8) is 0 Å². The number of hydrogen-bond acceptors (Lipinski definition) is 4. The quantitative estimate of drug-likeness (QED) is 0.629. The van der Waals surface area contributed by atoms with Gasteiger partial charge in [0.25, 0.3) is 0 Å². The lowest BCUT2D eigenvalue weighted by molar-refractivity contribution is -0.870. The van der Waals surface area contributed by atoms with Crippen molar-refractivity contribution in [2.24, 2.45) is 5.92 Å². The molecule has 0 spiro atoms. The molecular weight excluding hydrogens is 324 g/mol. The van der Waals surface area contributed by atoms with Crippen LogP contribution in [0.1, 0.15) is 30.1 Å². The highest BCUT2D eigenvalue weighted by Gasteiger charge is 2.35. The van der Waals surface area contributed by atoms with Crippen molar-refractivity contribution in [3.8, 4) is 5.75 Å². The predicted octanol–water partition coefficient (Wildman–Crippen LogP) is 0.936. The normalized spacial score (nSPS) is 17.3. The Morgan fingerprint density at radius 3 is 2.28 bits per heavy atom. The van der Waals surface area contributed by atoms with Gasteiger partial charge in [0, 0.05) is 25.3 Å². The van der Waals surface area contributed by atoms with E-state index in [1.54, 1.807) is 0 Å². The van der Waals surface area contributed by atoms with Gasteiger partial charge in [0.1, 0.15) is 0 Å². The molecule has 2 amide bonds. The molecule has 1 aliphatic heterocycles. The Kier molecular flexibility index (Phi) is 7.11. The van der Waals surface area contributed by atoms with Crippen LogP contribution in [0.25, 0.3) is 0 Å². The number of nitrogens with zero attached hydrogens (tertiary/aromatic N) is 2. The first kappa shape index (κ1) is 20.6. The lowest BCUT2D eigenvalue weighted by atomic mass is 10.1. The Labute approximate surface area is 148 Å². The van der Waals surface area contributed by atoms with Crippen molar-refractivity contribution in [2.75, 3.05) is 34.2 Å². The van der Waals surface area contributed by atoms with E-state index in [-0.39, 0.29) is 23.3 Å². The second kappa shape index (κ2) is 8.62. The molecule has 138 valence electrons. The predicted molar refractivity (Wildman–Crippen MR) is 90.9 cm³/mol. The number of carbonyl (C=O) groups is 3. The monoisotopic (exact) mass is 350 g/mol. The van der Waals surface area contributed by atoms with Crippen LogP contribution < -0.4 is 5.11 Å². The summed E-state index contributed by atoms with van der Waals surface area (Å²) >= 11 is 0. The highest BCUT2D eigenvalue weighted by molar-refractivity contribution is 6.03. The molecule has 1 N–H and O–H groups in total. The molecule has 1 saturated heterocycles. The topological polar surface area (TPSA) is 97.7 Å². The van der Waals surface area contributed by atoms with Gasteiger partial charge in [-0.25, -0.2) is 4.79 Å². The van der Waals surface area contributed by atoms with Crippen LogP contribution in [0, 0.1) is 5.92 Å². The molecular formula is C18H26N2O5. The zero-order valence-electron chi connectivity index (χ0n) is 15.2. The number of carboxylic acid groups (broad SMARTS) is 1. The van der Waals surface area contributed by atoms with Gasteiger partial charge in [-0.15, -0.1) is 0 Å². The molecule has 1 aliphatic rings. The van der Waals surface area contributed by atoms with Gasteiger partial charge in [0.15, 0.2) is 0 Å². The number of rotatable bonds is 5. The standard InChI is InChI=1S/C11H21N2O2.C7H6O3/c1-9-8-10(14)12(11(9)15)6-5-7-13(2,3)4;8-6-4-2-1-3-5(6)7(9)10/h9H,5-8H2,1-4H3;1-4,8H,(H,9,10)/q+1;/p-1. The minimum Gasteiger partial charge on any atom is -0.872 e. The molecule has 1 heterocycles. The summed E-state index contributed by atoms with van der Waals surface area (Å²) < 4.78 is 0.867. The SMILES string of the molecule is CC1CC(=O)N(CCC[N+](C)(C)C)C1=O.O=C(O)c1ccccc1[O-]. The first-order valence-corrected chi connectivity index (χ1v) is 8.17. The van der Waals surface area contributed by atoms with Crippen molar-refractivity contribution in [3.05, 3.63) is 29.8 Å². The van der Waals surface area contributed by atoms with E-state index in [0.717, 1.165) is 17.4 Å². The summed E-state index contributed by atoms with van der Waals surface area (Å²) in [7, 11) is 6.32. The molecule has 1 atom stereocenters. The maximum Gasteiger partial charge on any atom is 0.335 e. The van der Waals surface area contributed by atoms with Crippen LogP contribution in [-0.2, 0) is 9.59 Å². The maximum absolute atomic E-state index is 11.6. The summed E-state index contributed by atoms with van der Waals surface area (Å²) in [5.74, 6) is -1.74. The second-order valence-corrected chi connectivity index (χ2v) is 7.16. The third-order valence-electron chi connectivity index (χ3n) is 3.80. The summed E-state index contributed by atoms with van der Waals surface area (Å²) in [6.45, 7) is 3.38. The van der Waals surface area contributed by atoms with E-state index in [4.69, 9.17) is 5.11 Å². The summed E-state index contributed by atoms with van der Waals surface area (Å²) in [5.41, 5.74) is -0.178. The fourth-order valence-corrected chi connectivity index (χ4v) is 2.43. The second-order valence-electron chi connectivity index (χ2n) is 7.16. The minimum atomic E-state index is -1.18. The van der Waals surface area contributed by atoms with Gasteiger partial charge in [-0.1, -0.05) is 30.9 Å². The number of quaternary nitrogens is 1. The van der Waals surface area contributed by atoms with E-state index in [1.807, 2.05) is 6.92 Å². The fourth-order valence-electron chi connectivity index (χ4n) is 2.43. The number of likely N-dealkylation sites (tertiary alicyclic amines) is 1. The van der Waals surface area contributed by atoms with Gasteiger partial charge in [-0.3, -0.25) is 14.5 Å². The molecule has 0 aromatic heterocycles. The Bertz CT molecular complexity index is 637. The molecule has 1 aromatic carbocycles. The molecule has 25 heavy (non-hydrogen) atoms. The summed E-state index contributed by atoms with van der Waals surface area (Å²) in [5, 5.41) is 19.0. The lowest BCUT2D eigenvalue weighted by Crippen LogP contribution is -2.38. The number of amides is 2. The van der Waals surface area contributed by atoms with Crippen molar-refractivity contribution in [2.45, 2.75) is 19.8 Å². The van der Waals surface area contributed by atoms with Gasteiger partial charge < -0.3 is 14.7 Å². The third-order valence-corrected chi connectivity index (χ3v) is 3.80. The van der Waals surface area contributed by atoms with Crippen molar-refractivity contribution < 1.29 is 29.1 Å². The van der Waals surface area contributed by atoms with Crippen molar-refractivity contribution >= 4 is 17.8 Å². The Hall–Kier alpha value is -2.41. The Morgan fingerprint density at radius 1 is 1.28 bits per heavy atom. The number of carbonyl (C=O) groups excluding carboxylic acids is 2. The first-order chi connectivity index (χ1) is 11.5. The molecule has 2 rings (SSSR count). The van der Waals surface area contributed by atoms with Crippen LogP contribution >= 0.6 is 0 Å². The minimum absolute atomic E-state index is 0.00130. The van der Waals surface area contributed by atoms with E-state index in [2.05, 4.69) is 21.1 Å². The molecule has 0 saturated carbocycles. The number of imide groups is 1. The zero-order valence-corrected chi connectivity index (χ0v) is 15.2. The Balaban J connectivity index is 0.000000271. The van der Waals surface area contributed by atoms with Crippen LogP contribution in [0.5, 0.6) is 5.75 Å². The molecule has 1 aromatic rings. The van der Waals surface area contributed by atoms with E-state index < -0.39 is 11.7 Å². The van der Waals surface area contributed by atoms with Crippen LogP contribution in [-0.4, -0.2) is 66.5 Å². The summed E-state index contributed by atoms with van der Waals surface area (Å²) in [6.07, 6.45) is 1.27. The van der Waals surface area contributed by atoms with E-state index in [1.165, 1.54) is 29.2 Å². The van der Waals surface area contributed by atoms with E-state index >= 15 is 0 Å². The summed E-state index contributed by atoms with van der Waals surface area (Å²) in [4.78, 5) is 34.7. The van der Waals surface area contributed by atoms with Gasteiger partial charge >= 0.3 is 5.97 Å². The molecule has 0 aliphatic carbocycles. The molecule has 0 bridgehead atoms. The van der Waals surface area contributed by atoms with Crippen molar-refractivity contribution in [1.29, 1.82) is 0 Å². The average molecular weight is 350 g/mol. The van der Waals surface area contributed by atoms with Crippen LogP contribution in [0.15, 0.2) is 24.3 Å². The molecule has 1 fully saturated rings. The van der Waals surface area contributed by atoms with E-state index in [0.29, 0.717) is 13.0 Å². The molecule has 7 nitrogen and oxygen atoms in total. The smallest absolute Gasteiger partial charge is 0.335 e. The third kappa shape index (κ3) is 6.54. The molecule has 1 unspecified atom stereocenters. The van der Waals surface area contributed by atoms with Gasteiger partial charge in [0.2, 0.25) is 11.8 Å². The largest absolute Gasteiger partial charge is 0.872 e. The van der Waals surface area contributed by atoms with Gasteiger partial charge in [-0.05, 0) is 6.07 Å². The number of para-hydroxylation sites is 1. The van der Waals surface area contributed by atoms with Crippen LogP contribution in [0.3, 0.4) is 0 Å². The van der Waals surface area contributed by atoms with Crippen LogP contribution in [0.4, 0.5) is 0 Å². The van der Waals surface area contributed by atoms with Gasteiger partial charge in [0.05, 0.1) is 33.3 Å². The average Bonchev–Trinajstić information content (AvgIpc) is 2.73. The number of hydrogen-bond donors (Lipinski definition) is 1. The van der Waals surface area contributed by atoms with Crippen LogP contribution in [0.2, 0.25) is 0 Å². The van der Waals surface area contributed by atoms with Gasteiger partial charge in [-0.2, -0.15) is 0 Å². The molecule has 0 radical (unpaired) electrons. The molecule has 7 heteroatoms. The maximum atomic E-state index is 11.6. The number of benzene rings is 1. The highest BCUT2D eigenvalue weighted by atomic mass is 16.4. The first-order valence-electron chi connectivity index (χ1n) is 8.17. The lowest BCUT2D eigenvalue weighted by Gasteiger charge is -2.24. The Morgan fingerprint density at radius 2 is 1.88 bits per heavy atom. The number of aromatic carboxylic acids is 1. The van der Waals surface area contributed by atoms with Crippen molar-refractivity contribution in [1.82, 2.24) is 4.90 Å². The van der Waals surface area contributed by atoms with E-state index in [9.17, 15) is 19.5 Å². The fraction of sp³-hybridized carbons (Fsp3) is 0.500.